The van der Waals surface area contributed by atoms with E-state index in [1.165, 1.54) is 18.4 Å². The highest BCUT2D eigenvalue weighted by Gasteiger charge is 2.57. The van der Waals surface area contributed by atoms with E-state index in [-0.39, 0.29) is 48.8 Å². The molecule has 150 valence electrons. The molecule has 0 unspecified atom stereocenters. The van der Waals surface area contributed by atoms with Crippen LogP contribution in [-0.2, 0) is 19.1 Å². The van der Waals surface area contributed by atoms with Crippen molar-refractivity contribution in [3.05, 3.63) is 0 Å². The van der Waals surface area contributed by atoms with Crippen LogP contribution in [0, 0.1) is 17.3 Å². The number of carbonyl (C=O) groups is 3. The molecule has 4 bridgehead atoms. The number of esters is 1. The van der Waals surface area contributed by atoms with Gasteiger partial charge in [-0.2, -0.15) is 0 Å². The zero-order chi connectivity index (χ0) is 19.2. The number of aliphatic hydroxyl groups is 1. The van der Waals surface area contributed by atoms with E-state index < -0.39 is 5.60 Å². The van der Waals surface area contributed by atoms with Crippen LogP contribution in [0.3, 0.4) is 0 Å². The maximum atomic E-state index is 12.4. The molecular weight excluding hydrogens is 348 g/mol. The summed E-state index contributed by atoms with van der Waals surface area (Å²) in [6.07, 6.45) is 7.83. The number of hydrogen-bond acceptors (Lipinski definition) is 5. The highest BCUT2D eigenvalue weighted by molar-refractivity contribution is 5.86. The third-order valence-corrected chi connectivity index (χ3v) is 6.78. The summed E-state index contributed by atoms with van der Waals surface area (Å²) in [5.74, 6) is 0.105. The highest BCUT2D eigenvalue weighted by Crippen LogP contribution is 2.62. The van der Waals surface area contributed by atoms with Crippen LogP contribution in [0.2, 0.25) is 0 Å². The van der Waals surface area contributed by atoms with Crippen LogP contribution in [0.15, 0.2) is 0 Å². The van der Waals surface area contributed by atoms with Gasteiger partial charge in [0, 0.05) is 13.1 Å². The quantitative estimate of drug-likeness (QED) is 0.644. The third kappa shape index (κ3) is 4.28. The third-order valence-electron chi connectivity index (χ3n) is 6.78. The first kappa shape index (κ1) is 18.7. The Bertz CT molecular complexity index is 630. The minimum Gasteiger partial charge on any atom is -0.456 e. The molecule has 0 spiro atoms. The minimum absolute atomic E-state index is 0.0206. The van der Waals surface area contributed by atoms with Gasteiger partial charge < -0.3 is 20.1 Å². The Morgan fingerprint density at radius 2 is 1.81 bits per heavy atom. The largest absolute Gasteiger partial charge is 0.456 e. The van der Waals surface area contributed by atoms with Crippen LogP contribution in [0.4, 0.5) is 0 Å². The summed E-state index contributed by atoms with van der Waals surface area (Å²) in [4.78, 5) is 37.6. The van der Waals surface area contributed by atoms with Crippen molar-refractivity contribution in [2.45, 2.75) is 69.4 Å². The second-order valence-electron chi connectivity index (χ2n) is 9.61. The Kier molecular flexibility index (Phi) is 4.69. The van der Waals surface area contributed by atoms with Crippen LogP contribution in [0.5, 0.6) is 0 Å². The van der Waals surface area contributed by atoms with Crippen LogP contribution in [0.25, 0.3) is 0 Å². The van der Waals surface area contributed by atoms with Gasteiger partial charge in [0.15, 0.2) is 6.61 Å². The summed E-state index contributed by atoms with van der Waals surface area (Å²) in [6, 6.07) is 0.258. The monoisotopic (exact) mass is 378 g/mol. The number of likely N-dealkylation sites (N-methyl/N-ethyl adjacent to an activating group) is 1. The Labute approximate surface area is 159 Å². The van der Waals surface area contributed by atoms with Crippen molar-refractivity contribution in [2.24, 2.45) is 17.3 Å². The Balaban J connectivity index is 1.23. The lowest BCUT2D eigenvalue weighted by molar-refractivity contribution is -0.178. The number of ether oxygens (including phenoxy) is 1. The zero-order valence-electron chi connectivity index (χ0n) is 16.0. The second-order valence-corrected chi connectivity index (χ2v) is 9.61. The standard InChI is InChI=1S/C20H30N2O5/c1-22(10-16(23)21-15-2-3-15)17(24)11-27-18(25)9-19-5-13-4-14(6-19)8-20(26,7-13)12-19/h13-15,26H,2-12H2,1H3,(H,21,23)/t13-,14-,19?,20?/m0/s1. The number of rotatable bonds is 7. The number of nitrogens with zero attached hydrogens (tertiary/aromatic N) is 1. The molecule has 27 heavy (non-hydrogen) atoms. The average Bonchev–Trinajstić information content (AvgIpc) is 3.33. The van der Waals surface area contributed by atoms with E-state index >= 15 is 0 Å². The maximum absolute atomic E-state index is 12.4. The number of hydrogen-bond donors (Lipinski definition) is 2. The van der Waals surface area contributed by atoms with Crippen LogP contribution >= 0.6 is 0 Å². The van der Waals surface area contributed by atoms with Gasteiger partial charge in [-0.05, 0) is 68.6 Å². The lowest BCUT2D eigenvalue weighted by Crippen LogP contribution is -2.56. The maximum Gasteiger partial charge on any atom is 0.306 e. The molecule has 5 aliphatic carbocycles. The lowest BCUT2D eigenvalue weighted by Gasteiger charge is -2.60. The predicted octanol–water partition coefficient (Wildman–Crippen LogP) is 0.988. The van der Waals surface area contributed by atoms with Gasteiger partial charge in [0.05, 0.1) is 18.6 Å². The molecule has 0 radical (unpaired) electrons. The molecule has 0 aromatic rings. The zero-order valence-corrected chi connectivity index (χ0v) is 16.0. The summed E-state index contributed by atoms with van der Waals surface area (Å²) in [7, 11) is 1.54. The Morgan fingerprint density at radius 3 is 2.41 bits per heavy atom. The van der Waals surface area contributed by atoms with Crippen molar-refractivity contribution >= 4 is 17.8 Å². The molecule has 2 atom stereocenters. The van der Waals surface area contributed by atoms with E-state index in [0.29, 0.717) is 18.3 Å². The van der Waals surface area contributed by atoms with Gasteiger partial charge in [-0.25, -0.2) is 0 Å². The molecule has 7 heteroatoms. The van der Waals surface area contributed by atoms with Gasteiger partial charge in [-0.1, -0.05) is 0 Å². The van der Waals surface area contributed by atoms with Crippen molar-refractivity contribution in [3.8, 4) is 0 Å². The normalized spacial score (nSPS) is 36.4. The molecule has 7 nitrogen and oxygen atoms in total. The average molecular weight is 378 g/mol. The van der Waals surface area contributed by atoms with E-state index in [0.717, 1.165) is 38.5 Å². The van der Waals surface area contributed by atoms with Crippen molar-refractivity contribution in [2.75, 3.05) is 20.2 Å². The topological polar surface area (TPSA) is 95.9 Å². The molecule has 2 amide bonds. The van der Waals surface area contributed by atoms with Crippen LogP contribution in [-0.4, -0.2) is 59.6 Å². The Morgan fingerprint density at radius 1 is 1.15 bits per heavy atom. The first-order chi connectivity index (χ1) is 12.7. The number of amides is 2. The summed E-state index contributed by atoms with van der Waals surface area (Å²) in [6.45, 7) is -0.355. The predicted molar refractivity (Wildman–Crippen MR) is 96.4 cm³/mol. The Hall–Kier alpha value is -1.63. The smallest absolute Gasteiger partial charge is 0.306 e. The fourth-order valence-corrected chi connectivity index (χ4v) is 6.02. The van der Waals surface area contributed by atoms with Gasteiger partial charge in [0.1, 0.15) is 0 Å². The highest BCUT2D eigenvalue weighted by atomic mass is 16.5. The molecule has 0 aromatic heterocycles. The SMILES string of the molecule is CN(CC(=O)NC1CC1)C(=O)COC(=O)CC12C[C@@H]3C[C@H](CC(O)(C3)C1)C2. The van der Waals surface area contributed by atoms with Gasteiger partial charge in [-0.3, -0.25) is 14.4 Å². The van der Waals surface area contributed by atoms with E-state index in [1.54, 1.807) is 0 Å². The molecule has 5 fully saturated rings. The molecule has 0 saturated heterocycles. The first-order valence-electron chi connectivity index (χ1n) is 10.2. The molecule has 5 rings (SSSR count). The molecule has 2 N–H and O–H groups in total. The van der Waals surface area contributed by atoms with E-state index in [9.17, 15) is 19.5 Å². The molecule has 0 aliphatic heterocycles. The van der Waals surface area contributed by atoms with Gasteiger partial charge in [0.25, 0.3) is 5.91 Å². The van der Waals surface area contributed by atoms with Crippen molar-refractivity contribution in [1.82, 2.24) is 10.2 Å². The van der Waals surface area contributed by atoms with E-state index in [1.807, 2.05) is 0 Å². The minimum atomic E-state index is -0.602. The fraction of sp³-hybridized carbons (Fsp3) is 0.850. The molecule has 5 saturated carbocycles. The summed E-state index contributed by atoms with van der Waals surface area (Å²) in [5, 5.41) is 13.6. The second kappa shape index (κ2) is 6.76. The molecule has 0 heterocycles. The number of carbonyl (C=O) groups excluding carboxylic acids is 3. The molecular formula is C20H30N2O5. The van der Waals surface area contributed by atoms with Gasteiger partial charge in [0.2, 0.25) is 5.91 Å². The van der Waals surface area contributed by atoms with Gasteiger partial charge in [-0.15, -0.1) is 0 Å². The van der Waals surface area contributed by atoms with Crippen molar-refractivity contribution in [3.63, 3.8) is 0 Å². The van der Waals surface area contributed by atoms with E-state index in [2.05, 4.69) is 5.32 Å². The molecule has 5 aliphatic rings. The number of nitrogens with one attached hydrogen (secondary N) is 1. The van der Waals surface area contributed by atoms with E-state index in [4.69, 9.17) is 4.74 Å². The van der Waals surface area contributed by atoms with Crippen molar-refractivity contribution in [1.29, 1.82) is 0 Å². The van der Waals surface area contributed by atoms with Crippen LogP contribution in [0.1, 0.15) is 57.8 Å². The van der Waals surface area contributed by atoms with Crippen LogP contribution < -0.4 is 5.32 Å². The first-order valence-corrected chi connectivity index (χ1v) is 10.2. The summed E-state index contributed by atoms with van der Waals surface area (Å²) in [5.41, 5.74) is -0.760. The lowest BCUT2D eigenvalue weighted by atomic mass is 9.47. The van der Waals surface area contributed by atoms with Crippen molar-refractivity contribution < 1.29 is 24.2 Å². The fourth-order valence-electron chi connectivity index (χ4n) is 6.02. The van der Waals surface area contributed by atoms with Gasteiger partial charge >= 0.3 is 5.97 Å². The summed E-state index contributed by atoms with van der Waals surface area (Å²) < 4.78 is 5.23. The summed E-state index contributed by atoms with van der Waals surface area (Å²) >= 11 is 0. The molecule has 0 aromatic carbocycles.